The van der Waals surface area contributed by atoms with Crippen LogP contribution >= 0.6 is 15.6 Å². The molecule has 0 aliphatic heterocycles. The second-order valence-corrected chi connectivity index (χ2v) is 17.7. The van der Waals surface area contributed by atoms with E-state index in [1.165, 1.54) is 38.5 Å². The second kappa shape index (κ2) is 39.3. The summed E-state index contributed by atoms with van der Waals surface area (Å²) in [6, 6.07) is 0. The summed E-state index contributed by atoms with van der Waals surface area (Å²) in [5, 5.41) is 29.9. The fourth-order valence-electron chi connectivity index (χ4n) is 5.61. The van der Waals surface area contributed by atoms with Crippen LogP contribution < -0.4 is 0 Å². The van der Waals surface area contributed by atoms with Gasteiger partial charge >= 0.3 is 27.6 Å². The van der Waals surface area contributed by atoms with Crippen LogP contribution in [-0.2, 0) is 41.8 Å². The largest absolute Gasteiger partial charge is 0.472 e. The van der Waals surface area contributed by atoms with Gasteiger partial charge in [-0.1, -0.05) is 145 Å². The van der Waals surface area contributed by atoms with Crippen molar-refractivity contribution in [2.24, 2.45) is 0 Å². The molecule has 0 aromatic carbocycles. The molecule has 15 nitrogen and oxygen atoms in total. The number of aliphatic hydroxyl groups is 3. The van der Waals surface area contributed by atoms with Crippen LogP contribution in [0.25, 0.3) is 0 Å². The van der Waals surface area contributed by atoms with Crippen LogP contribution in [0.15, 0.2) is 60.8 Å². The van der Waals surface area contributed by atoms with Gasteiger partial charge in [0, 0.05) is 12.8 Å². The van der Waals surface area contributed by atoms with Crippen molar-refractivity contribution >= 4 is 27.6 Å². The summed E-state index contributed by atoms with van der Waals surface area (Å²) in [7, 11) is -9.77. The first-order valence-corrected chi connectivity index (χ1v) is 25.2. The van der Waals surface area contributed by atoms with Crippen LogP contribution in [0.2, 0.25) is 0 Å². The van der Waals surface area contributed by atoms with Gasteiger partial charge in [0.25, 0.3) is 0 Å². The van der Waals surface area contributed by atoms with E-state index in [1.54, 1.807) is 24.3 Å². The summed E-state index contributed by atoms with van der Waals surface area (Å²) in [4.78, 5) is 52.7. The van der Waals surface area contributed by atoms with Gasteiger partial charge in [0.05, 0.1) is 32.0 Å². The summed E-state index contributed by atoms with van der Waals surface area (Å²) in [5.74, 6) is -1.27. The molecular weight excluding hydrogens is 830 g/mol. The maximum Gasteiger partial charge on any atom is 0.472 e. The Morgan fingerprint density at radius 1 is 0.541 bits per heavy atom. The number of allylic oxidation sites excluding steroid dienone is 8. The van der Waals surface area contributed by atoms with Crippen molar-refractivity contribution in [2.45, 2.75) is 180 Å². The first-order chi connectivity index (χ1) is 29.2. The van der Waals surface area contributed by atoms with Crippen LogP contribution in [0.4, 0.5) is 0 Å². The molecule has 0 aliphatic carbocycles. The lowest BCUT2D eigenvalue weighted by molar-refractivity contribution is -0.161. The quantitative estimate of drug-likeness (QED) is 0.0110. The molecule has 0 heterocycles. The number of phosphoric ester groups is 2. The lowest BCUT2D eigenvalue weighted by Gasteiger charge is -2.20. The van der Waals surface area contributed by atoms with Crippen molar-refractivity contribution in [1.82, 2.24) is 0 Å². The molecule has 0 saturated carbocycles. The van der Waals surface area contributed by atoms with Crippen molar-refractivity contribution in [3.8, 4) is 0 Å². The zero-order valence-corrected chi connectivity index (χ0v) is 38.5. The Balaban J connectivity index is 4.76. The van der Waals surface area contributed by atoms with Gasteiger partial charge in [-0.15, -0.1) is 0 Å². The minimum Gasteiger partial charge on any atom is -0.462 e. The lowest BCUT2D eigenvalue weighted by atomic mass is 10.1. The fourth-order valence-corrected chi connectivity index (χ4v) is 6.77. The number of esters is 2. The number of unbranched alkanes of at least 4 members (excludes halogenated alkanes) is 13. The smallest absolute Gasteiger partial charge is 0.462 e. The summed E-state index contributed by atoms with van der Waals surface area (Å²) >= 11 is 0. The highest BCUT2D eigenvalue weighted by Gasteiger charge is 2.28. The molecule has 0 aliphatic rings. The Hall–Kier alpha value is -2.26. The van der Waals surface area contributed by atoms with Crippen molar-refractivity contribution in [2.75, 3.05) is 26.4 Å². The molecule has 354 valence electrons. The number of aliphatic hydroxyl groups excluding tert-OH is 3. The monoisotopic (exact) mass is 908 g/mol. The maximum atomic E-state index is 12.7. The van der Waals surface area contributed by atoms with Crippen molar-refractivity contribution in [3.05, 3.63) is 60.8 Å². The highest BCUT2D eigenvalue weighted by atomic mass is 31.2. The number of phosphoric acid groups is 2. The molecule has 0 saturated heterocycles. The molecule has 0 rings (SSSR count). The third-order valence-corrected chi connectivity index (χ3v) is 10.5. The fraction of sp³-hybridized carbons (Fsp3) is 0.727. The molecule has 0 aromatic heterocycles. The standard InChI is InChI=1S/C44H78O15P2/c1-3-5-7-8-9-10-11-12-13-14-15-16-20-23-27-33-43(48)55-37-42(38-58-61(53,54)57-36-41(47)35-56-60(50,51)52)59-44(49)34-28-32-40(46)31-26-22-19-17-18-21-25-30-39(45)29-24-6-4-2/h10-11,18-19,21-22,25-26,30-31,39-42,45-47H,3-9,12-17,20,23-24,27-29,32-38H2,1-2H3,(H,53,54)(H2,50,51,52)/b11-10-,21-18-,22-19-,30-25+,31-26+/t39-,40-,41+,42-/m1/s1. The van der Waals surface area contributed by atoms with Crippen LogP contribution in [0.1, 0.15) is 155 Å². The Kier molecular flexibility index (Phi) is 37.9. The predicted octanol–water partition coefficient (Wildman–Crippen LogP) is 9.17. The molecule has 0 bridgehead atoms. The molecule has 1 unspecified atom stereocenters. The van der Waals surface area contributed by atoms with E-state index in [9.17, 15) is 38.9 Å². The third kappa shape index (κ3) is 42.8. The number of hydrogen-bond acceptors (Lipinski definition) is 12. The Bertz CT molecular complexity index is 1340. The van der Waals surface area contributed by atoms with E-state index < -0.39 is 78.4 Å². The van der Waals surface area contributed by atoms with E-state index in [0.29, 0.717) is 12.8 Å². The van der Waals surface area contributed by atoms with Gasteiger partial charge in [0.2, 0.25) is 0 Å². The van der Waals surface area contributed by atoms with Gasteiger partial charge in [0.15, 0.2) is 6.10 Å². The Morgan fingerprint density at radius 3 is 1.62 bits per heavy atom. The molecule has 0 radical (unpaired) electrons. The van der Waals surface area contributed by atoms with Crippen molar-refractivity contribution < 1.29 is 71.8 Å². The van der Waals surface area contributed by atoms with Gasteiger partial charge in [0.1, 0.15) is 12.7 Å². The summed E-state index contributed by atoms with van der Waals surface area (Å²) in [6.45, 7) is 1.38. The maximum absolute atomic E-state index is 12.7. The van der Waals surface area contributed by atoms with Gasteiger partial charge in [-0.25, -0.2) is 9.13 Å². The zero-order chi connectivity index (χ0) is 45.5. The number of carbonyl (C=O) groups excluding carboxylic acids is 2. The SMILES string of the molecule is CCCCCC/C=C\CCCCCCCCCC(=O)OC[C@H](COP(=O)(O)OC[C@@H](O)COP(=O)(O)O)OC(=O)CCC[C@H](O)/C=C/C=C\C/C=C\C=C\[C@H](O)CCCCC. The minimum atomic E-state index is -4.89. The highest BCUT2D eigenvalue weighted by molar-refractivity contribution is 7.47. The molecule has 6 N–H and O–H groups in total. The normalized spacial score (nSPS) is 15.6. The zero-order valence-electron chi connectivity index (χ0n) is 36.7. The average molecular weight is 909 g/mol. The van der Waals surface area contributed by atoms with E-state index >= 15 is 0 Å². The van der Waals surface area contributed by atoms with Crippen molar-refractivity contribution in [1.29, 1.82) is 0 Å². The average Bonchev–Trinajstić information content (AvgIpc) is 3.21. The first-order valence-electron chi connectivity index (χ1n) is 22.2. The van der Waals surface area contributed by atoms with Crippen LogP contribution in [0, 0.1) is 0 Å². The number of carbonyl (C=O) groups is 2. The lowest BCUT2D eigenvalue weighted by Crippen LogP contribution is -2.30. The van der Waals surface area contributed by atoms with E-state index in [2.05, 4.69) is 35.0 Å². The van der Waals surface area contributed by atoms with E-state index in [1.807, 2.05) is 24.3 Å². The number of rotatable bonds is 41. The molecule has 0 amide bonds. The molecule has 0 fully saturated rings. The van der Waals surface area contributed by atoms with E-state index in [4.69, 9.17) is 23.8 Å². The number of hydrogen-bond donors (Lipinski definition) is 6. The van der Waals surface area contributed by atoms with Crippen LogP contribution in [-0.4, -0.2) is 92.8 Å². The van der Waals surface area contributed by atoms with Gasteiger partial charge < -0.3 is 39.5 Å². The minimum absolute atomic E-state index is 0.119. The Morgan fingerprint density at radius 2 is 1.03 bits per heavy atom. The molecule has 17 heteroatoms. The molecule has 5 atom stereocenters. The summed E-state index contributed by atoms with van der Waals surface area (Å²) in [6.07, 6.45) is 34.2. The van der Waals surface area contributed by atoms with E-state index in [0.717, 1.165) is 64.2 Å². The van der Waals surface area contributed by atoms with E-state index in [-0.39, 0.29) is 25.7 Å². The van der Waals surface area contributed by atoms with Gasteiger partial charge in [-0.3, -0.25) is 23.2 Å². The summed E-state index contributed by atoms with van der Waals surface area (Å²) < 4.78 is 47.6. The van der Waals surface area contributed by atoms with Gasteiger partial charge in [-0.2, -0.15) is 0 Å². The predicted molar refractivity (Wildman–Crippen MR) is 237 cm³/mol. The topological polar surface area (TPSA) is 236 Å². The second-order valence-electron chi connectivity index (χ2n) is 15.0. The highest BCUT2D eigenvalue weighted by Crippen LogP contribution is 2.43. The summed E-state index contributed by atoms with van der Waals surface area (Å²) in [5.41, 5.74) is 0. The molecular formula is C44H78O15P2. The van der Waals surface area contributed by atoms with Crippen LogP contribution in [0.5, 0.6) is 0 Å². The van der Waals surface area contributed by atoms with Gasteiger partial charge in [-0.05, 0) is 57.8 Å². The molecule has 0 aromatic rings. The Labute approximate surface area is 365 Å². The van der Waals surface area contributed by atoms with Crippen molar-refractivity contribution in [3.63, 3.8) is 0 Å². The molecule has 61 heavy (non-hydrogen) atoms. The third-order valence-electron chi connectivity index (χ3n) is 9.08. The number of ether oxygens (including phenoxy) is 2. The first kappa shape index (κ1) is 58.7. The van der Waals surface area contributed by atoms with Crippen LogP contribution in [0.3, 0.4) is 0 Å². The molecule has 0 spiro atoms.